The van der Waals surface area contributed by atoms with Crippen molar-refractivity contribution in [3.8, 4) is 0 Å². The largest absolute Gasteiger partial charge is 0.460 e. The van der Waals surface area contributed by atoms with E-state index in [1.807, 2.05) is 4.72 Å². The van der Waals surface area contributed by atoms with E-state index in [1.165, 1.54) is 6.08 Å². The molecule has 0 saturated carbocycles. The lowest BCUT2D eigenvalue weighted by Gasteiger charge is -2.09. The van der Waals surface area contributed by atoms with Crippen LogP contribution in [0.25, 0.3) is 0 Å². The highest BCUT2D eigenvalue weighted by atomic mass is 32.2. The third kappa shape index (κ3) is 6.58. The number of rotatable bonds is 6. The van der Waals surface area contributed by atoms with E-state index in [0.29, 0.717) is 0 Å². The molecular formula is C7H13NO5S. The Balaban J connectivity index is 3.90. The minimum atomic E-state index is -3.41. The second kappa shape index (κ2) is 5.74. The maximum atomic E-state index is 10.9. The van der Waals surface area contributed by atoms with Gasteiger partial charge in [0.05, 0.1) is 6.26 Å². The van der Waals surface area contributed by atoms with Crippen molar-refractivity contribution in [2.24, 2.45) is 0 Å². The molecule has 1 atom stereocenters. The minimum absolute atomic E-state index is 0.0191. The molecular weight excluding hydrogens is 210 g/mol. The Bertz CT molecular complexity index is 297. The number of esters is 1. The third-order valence-corrected chi connectivity index (χ3v) is 1.85. The van der Waals surface area contributed by atoms with Gasteiger partial charge in [-0.15, -0.1) is 0 Å². The number of carbonyl (C=O) groups is 1. The molecule has 82 valence electrons. The summed E-state index contributed by atoms with van der Waals surface area (Å²) in [4.78, 5) is 10.9. The number of aliphatic hydroxyl groups is 1. The lowest BCUT2D eigenvalue weighted by atomic mass is 10.4. The zero-order valence-electron chi connectivity index (χ0n) is 7.76. The number of nitrogens with one attached hydrogen (secondary N) is 1. The quantitative estimate of drug-likeness (QED) is 0.428. The molecule has 7 heteroatoms. The van der Waals surface area contributed by atoms with Gasteiger partial charge < -0.3 is 9.84 Å². The van der Waals surface area contributed by atoms with Crippen LogP contribution >= 0.6 is 0 Å². The highest BCUT2D eigenvalue weighted by molar-refractivity contribution is 7.88. The fourth-order valence-electron chi connectivity index (χ4n) is 0.551. The summed E-state index contributed by atoms with van der Waals surface area (Å²) >= 11 is 0. The molecule has 0 bridgehead atoms. The number of hydrogen-bond donors (Lipinski definition) is 2. The molecule has 0 rings (SSSR count). The Hall–Kier alpha value is -0.920. The van der Waals surface area contributed by atoms with E-state index in [9.17, 15) is 13.2 Å². The molecule has 0 amide bonds. The van der Waals surface area contributed by atoms with Crippen LogP contribution in [0.2, 0.25) is 0 Å². The average molecular weight is 223 g/mol. The summed E-state index contributed by atoms with van der Waals surface area (Å²) in [6, 6.07) is 0. The van der Waals surface area contributed by atoms with E-state index in [4.69, 9.17) is 5.11 Å². The van der Waals surface area contributed by atoms with Crippen LogP contribution in [0, 0.1) is 0 Å². The van der Waals surface area contributed by atoms with Crippen molar-refractivity contribution in [2.75, 3.05) is 19.4 Å². The Morgan fingerprint density at radius 2 is 2.29 bits per heavy atom. The molecule has 0 radical (unpaired) electrons. The first-order chi connectivity index (χ1) is 6.37. The molecule has 2 N–H and O–H groups in total. The van der Waals surface area contributed by atoms with E-state index in [2.05, 4.69) is 11.3 Å². The third-order valence-electron chi connectivity index (χ3n) is 1.15. The maximum Gasteiger partial charge on any atom is 0.336 e. The molecule has 0 aliphatic rings. The van der Waals surface area contributed by atoms with Crippen LogP contribution in [0.3, 0.4) is 0 Å². The molecule has 6 nitrogen and oxygen atoms in total. The van der Waals surface area contributed by atoms with Crippen molar-refractivity contribution < 1.29 is 23.1 Å². The van der Waals surface area contributed by atoms with E-state index in [-0.39, 0.29) is 6.61 Å². The summed E-state index contributed by atoms with van der Waals surface area (Å²) in [6.45, 7) is 2.89. The number of sulfonamides is 1. The van der Waals surface area contributed by atoms with Gasteiger partial charge in [-0.25, -0.2) is 17.9 Å². The summed E-state index contributed by atoms with van der Waals surface area (Å²) in [7, 11) is -3.41. The normalized spacial score (nSPS) is 13.3. The van der Waals surface area contributed by atoms with Crippen molar-refractivity contribution in [1.82, 2.24) is 4.72 Å². The lowest BCUT2D eigenvalue weighted by molar-refractivity contribution is -0.151. The lowest BCUT2D eigenvalue weighted by Crippen LogP contribution is -2.37. The van der Waals surface area contributed by atoms with E-state index in [0.717, 1.165) is 6.26 Å². The molecule has 0 heterocycles. The number of aliphatic hydroxyl groups excluding tert-OH is 1. The standard InChI is InChI=1S/C7H13NO5S/c1-3-4-13-7(10)6(9)5-8-14(2,11)12/h3,6,8-9H,1,4-5H2,2H3. The Morgan fingerprint density at radius 3 is 2.71 bits per heavy atom. The fourth-order valence-corrected chi connectivity index (χ4v) is 1.01. The molecule has 1 unspecified atom stereocenters. The fraction of sp³-hybridized carbons (Fsp3) is 0.571. The van der Waals surface area contributed by atoms with Crippen LogP contribution in [-0.4, -0.2) is 45.0 Å². The van der Waals surface area contributed by atoms with Crippen molar-refractivity contribution in [2.45, 2.75) is 6.10 Å². The predicted molar refractivity (Wildman–Crippen MR) is 50.0 cm³/mol. The highest BCUT2D eigenvalue weighted by Gasteiger charge is 2.17. The zero-order chi connectivity index (χ0) is 11.2. The van der Waals surface area contributed by atoms with Gasteiger partial charge in [-0.1, -0.05) is 12.7 Å². The van der Waals surface area contributed by atoms with Crippen LogP contribution in [0.15, 0.2) is 12.7 Å². The molecule has 14 heavy (non-hydrogen) atoms. The van der Waals surface area contributed by atoms with Crippen molar-refractivity contribution in [1.29, 1.82) is 0 Å². The second-order valence-electron chi connectivity index (χ2n) is 2.56. The molecule has 0 aromatic rings. The number of ether oxygens (including phenoxy) is 1. The van der Waals surface area contributed by atoms with Gasteiger partial charge in [-0.05, 0) is 0 Å². The Labute approximate surface area is 82.6 Å². The molecule has 0 saturated heterocycles. The maximum absolute atomic E-state index is 10.9. The highest BCUT2D eigenvalue weighted by Crippen LogP contribution is 1.88. The van der Waals surface area contributed by atoms with E-state index in [1.54, 1.807) is 0 Å². The van der Waals surface area contributed by atoms with Gasteiger partial charge in [0, 0.05) is 6.54 Å². The number of carbonyl (C=O) groups excluding carboxylic acids is 1. The SMILES string of the molecule is C=CCOC(=O)C(O)CNS(C)(=O)=O. The van der Waals surface area contributed by atoms with Crippen molar-refractivity contribution >= 4 is 16.0 Å². The van der Waals surface area contributed by atoms with Crippen molar-refractivity contribution in [3.05, 3.63) is 12.7 Å². The summed E-state index contributed by atoms with van der Waals surface area (Å²) in [6.07, 6.45) is 0.772. The number of hydrogen-bond acceptors (Lipinski definition) is 5. The first kappa shape index (κ1) is 13.1. The van der Waals surface area contributed by atoms with Gasteiger partial charge in [0.15, 0.2) is 6.10 Å². The van der Waals surface area contributed by atoms with Gasteiger partial charge in [0.2, 0.25) is 10.0 Å². The Kier molecular flexibility index (Phi) is 5.36. The molecule has 0 aliphatic heterocycles. The molecule has 0 aromatic heterocycles. The first-order valence-electron chi connectivity index (χ1n) is 3.77. The van der Waals surface area contributed by atoms with Gasteiger partial charge >= 0.3 is 5.97 Å². The second-order valence-corrected chi connectivity index (χ2v) is 4.39. The van der Waals surface area contributed by atoms with Crippen LogP contribution < -0.4 is 4.72 Å². The van der Waals surface area contributed by atoms with Gasteiger partial charge in [-0.3, -0.25) is 0 Å². The molecule has 0 aliphatic carbocycles. The molecule has 0 spiro atoms. The summed E-state index contributed by atoms with van der Waals surface area (Å²) < 4.78 is 27.6. The monoisotopic (exact) mass is 223 g/mol. The predicted octanol–water partition coefficient (Wildman–Crippen LogP) is -1.37. The summed E-state index contributed by atoms with van der Waals surface area (Å²) in [5, 5.41) is 9.07. The first-order valence-corrected chi connectivity index (χ1v) is 5.66. The van der Waals surface area contributed by atoms with Crippen LogP contribution in [-0.2, 0) is 19.6 Å². The smallest absolute Gasteiger partial charge is 0.336 e. The van der Waals surface area contributed by atoms with E-state index < -0.39 is 28.6 Å². The average Bonchev–Trinajstić information content (AvgIpc) is 2.09. The van der Waals surface area contributed by atoms with Gasteiger partial charge in [-0.2, -0.15) is 0 Å². The minimum Gasteiger partial charge on any atom is -0.460 e. The molecule has 0 aromatic carbocycles. The van der Waals surface area contributed by atoms with E-state index >= 15 is 0 Å². The topological polar surface area (TPSA) is 92.7 Å². The van der Waals surface area contributed by atoms with Crippen LogP contribution in [0.4, 0.5) is 0 Å². The van der Waals surface area contributed by atoms with Crippen molar-refractivity contribution in [3.63, 3.8) is 0 Å². The summed E-state index contributed by atoms with van der Waals surface area (Å²) in [5.41, 5.74) is 0. The van der Waals surface area contributed by atoms with Gasteiger partial charge in [0.1, 0.15) is 6.61 Å². The van der Waals surface area contributed by atoms with Gasteiger partial charge in [0.25, 0.3) is 0 Å². The zero-order valence-corrected chi connectivity index (χ0v) is 8.58. The summed E-state index contributed by atoms with van der Waals surface area (Å²) in [5.74, 6) is -0.888. The molecule has 0 fully saturated rings. The van der Waals surface area contributed by atoms with Crippen LogP contribution in [0.5, 0.6) is 0 Å². The Morgan fingerprint density at radius 1 is 1.71 bits per heavy atom. The van der Waals surface area contributed by atoms with Crippen LogP contribution in [0.1, 0.15) is 0 Å².